The molecule has 6 heteroatoms. The Kier molecular flexibility index (Phi) is 7.76. The van der Waals surface area contributed by atoms with Gasteiger partial charge in [0.15, 0.2) is 0 Å². The molecule has 0 aromatic heterocycles. The van der Waals surface area contributed by atoms with Crippen molar-refractivity contribution < 1.29 is 19.0 Å². The van der Waals surface area contributed by atoms with Gasteiger partial charge in [-0.05, 0) is 31.2 Å². The fraction of sp³-hybridized carbons (Fsp3) is 0.350. The van der Waals surface area contributed by atoms with Crippen LogP contribution >= 0.6 is 0 Å². The number of para-hydroxylation sites is 1. The third-order valence-corrected chi connectivity index (χ3v) is 3.78. The molecule has 1 unspecified atom stereocenters. The van der Waals surface area contributed by atoms with Gasteiger partial charge in [-0.3, -0.25) is 4.79 Å². The first-order valence-electron chi connectivity index (χ1n) is 8.55. The number of hydrogen-bond donors (Lipinski definition) is 2. The van der Waals surface area contributed by atoms with Crippen molar-refractivity contribution in [1.29, 1.82) is 0 Å². The van der Waals surface area contributed by atoms with Gasteiger partial charge >= 0.3 is 0 Å². The minimum Gasteiger partial charge on any atom is -0.497 e. The second kappa shape index (κ2) is 10.3. The van der Waals surface area contributed by atoms with Crippen molar-refractivity contribution >= 4 is 11.6 Å². The van der Waals surface area contributed by atoms with E-state index in [-0.39, 0.29) is 11.9 Å². The van der Waals surface area contributed by atoms with E-state index in [0.717, 1.165) is 5.75 Å². The van der Waals surface area contributed by atoms with Gasteiger partial charge < -0.3 is 24.8 Å². The molecule has 0 heterocycles. The summed E-state index contributed by atoms with van der Waals surface area (Å²) in [7, 11) is 3.14. The Balaban J connectivity index is 1.75. The molecule has 2 N–H and O–H groups in total. The predicted octanol–water partition coefficient (Wildman–Crippen LogP) is 3.09. The van der Waals surface area contributed by atoms with Gasteiger partial charge in [-0.2, -0.15) is 0 Å². The molecular formula is C20H26N2O4. The highest BCUT2D eigenvalue weighted by Crippen LogP contribution is 2.28. The van der Waals surface area contributed by atoms with Crippen molar-refractivity contribution in [1.82, 2.24) is 5.32 Å². The van der Waals surface area contributed by atoms with Crippen molar-refractivity contribution in [2.75, 3.05) is 32.7 Å². The average Bonchev–Trinajstić information content (AvgIpc) is 2.66. The largest absolute Gasteiger partial charge is 0.497 e. The second-order valence-electron chi connectivity index (χ2n) is 5.84. The number of rotatable bonds is 10. The molecule has 1 amide bonds. The van der Waals surface area contributed by atoms with Crippen LogP contribution in [0.2, 0.25) is 0 Å². The highest BCUT2D eigenvalue weighted by Gasteiger charge is 2.12. The van der Waals surface area contributed by atoms with Crippen LogP contribution in [0.5, 0.6) is 17.2 Å². The summed E-state index contributed by atoms with van der Waals surface area (Å²) in [5.41, 5.74) is 0.594. The zero-order valence-corrected chi connectivity index (χ0v) is 15.5. The molecule has 0 fully saturated rings. The molecule has 2 aromatic carbocycles. The SMILES string of the molecule is COc1ccc(OC)c(NC(=O)CC(C)NCCOc2ccccc2)c1. The molecule has 26 heavy (non-hydrogen) atoms. The number of ether oxygens (including phenoxy) is 3. The lowest BCUT2D eigenvalue weighted by atomic mass is 10.2. The molecule has 2 aromatic rings. The minimum absolute atomic E-state index is 0.0194. The zero-order chi connectivity index (χ0) is 18.8. The first-order chi connectivity index (χ1) is 12.6. The van der Waals surface area contributed by atoms with Crippen LogP contribution < -0.4 is 24.8 Å². The number of amides is 1. The van der Waals surface area contributed by atoms with Gasteiger partial charge in [-0.1, -0.05) is 18.2 Å². The van der Waals surface area contributed by atoms with Gasteiger partial charge in [0.1, 0.15) is 23.9 Å². The average molecular weight is 358 g/mol. The maximum atomic E-state index is 12.3. The molecule has 1 atom stereocenters. The summed E-state index contributed by atoms with van der Waals surface area (Å²) < 4.78 is 16.1. The Bertz CT molecular complexity index is 691. The summed E-state index contributed by atoms with van der Waals surface area (Å²) in [6.07, 6.45) is 0.339. The van der Waals surface area contributed by atoms with Crippen LogP contribution in [0, 0.1) is 0 Å². The molecule has 0 aliphatic rings. The molecule has 0 aliphatic heterocycles. The van der Waals surface area contributed by atoms with Crippen LogP contribution in [0.3, 0.4) is 0 Å². The summed E-state index contributed by atoms with van der Waals surface area (Å²) >= 11 is 0. The normalized spacial score (nSPS) is 11.5. The van der Waals surface area contributed by atoms with Crippen molar-refractivity contribution in [2.45, 2.75) is 19.4 Å². The third kappa shape index (κ3) is 6.29. The lowest BCUT2D eigenvalue weighted by Gasteiger charge is -2.16. The Hall–Kier alpha value is -2.73. The summed E-state index contributed by atoms with van der Waals surface area (Å²) in [4.78, 5) is 12.3. The fourth-order valence-electron chi connectivity index (χ4n) is 2.45. The second-order valence-corrected chi connectivity index (χ2v) is 5.84. The molecule has 0 saturated carbocycles. The monoisotopic (exact) mass is 358 g/mol. The van der Waals surface area contributed by atoms with Crippen LogP contribution in [0.25, 0.3) is 0 Å². The Labute approximate surface area is 154 Å². The predicted molar refractivity (Wildman–Crippen MR) is 102 cm³/mol. The van der Waals surface area contributed by atoms with Gasteiger partial charge in [0.25, 0.3) is 0 Å². The molecular weight excluding hydrogens is 332 g/mol. The van der Waals surface area contributed by atoms with E-state index in [0.29, 0.717) is 36.8 Å². The maximum absolute atomic E-state index is 12.3. The van der Waals surface area contributed by atoms with E-state index in [1.54, 1.807) is 32.4 Å². The topological polar surface area (TPSA) is 68.8 Å². The molecule has 0 saturated heterocycles. The minimum atomic E-state index is -0.0967. The first-order valence-corrected chi connectivity index (χ1v) is 8.55. The molecule has 2 rings (SSSR count). The van der Waals surface area contributed by atoms with Crippen molar-refractivity contribution in [3.05, 3.63) is 48.5 Å². The van der Waals surface area contributed by atoms with E-state index in [1.165, 1.54) is 0 Å². The highest BCUT2D eigenvalue weighted by atomic mass is 16.5. The van der Waals surface area contributed by atoms with E-state index in [4.69, 9.17) is 14.2 Å². The van der Waals surface area contributed by atoms with Crippen LogP contribution in [-0.4, -0.2) is 39.3 Å². The quantitative estimate of drug-likeness (QED) is 0.639. The lowest BCUT2D eigenvalue weighted by molar-refractivity contribution is -0.116. The standard InChI is InChI=1S/C20H26N2O4/c1-15(21-11-12-26-16-7-5-4-6-8-16)13-20(23)22-18-14-17(24-2)9-10-19(18)25-3/h4-10,14-15,21H,11-13H2,1-3H3,(H,22,23). The van der Waals surface area contributed by atoms with E-state index in [2.05, 4.69) is 10.6 Å². The molecule has 6 nitrogen and oxygen atoms in total. The van der Waals surface area contributed by atoms with Gasteiger partial charge in [0.05, 0.1) is 19.9 Å². The molecule has 140 valence electrons. The van der Waals surface area contributed by atoms with E-state index in [9.17, 15) is 4.79 Å². The summed E-state index contributed by atoms with van der Waals surface area (Å²) in [6.45, 7) is 3.16. The van der Waals surface area contributed by atoms with Crippen LogP contribution in [0.15, 0.2) is 48.5 Å². The number of carbonyl (C=O) groups excluding carboxylic acids is 1. The Morgan fingerprint density at radius 1 is 1.04 bits per heavy atom. The number of carbonyl (C=O) groups is 1. The third-order valence-electron chi connectivity index (χ3n) is 3.78. The van der Waals surface area contributed by atoms with E-state index >= 15 is 0 Å². The number of methoxy groups -OCH3 is 2. The van der Waals surface area contributed by atoms with Gasteiger partial charge in [-0.25, -0.2) is 0 Å². The highest BCUT2D eigenvalue weighted by molar-refractivity contribution is 5.92. The lowest BCUT2D eigenvalue weighted by Crippen LogP contribution is -2.33. The Morgan fingerprint density at radius 3 is 2.50 bits per heavy atom. The van der Waals surface area contributed by atoms with Crippen LogP contribution in [0.4, 0.5) is 5.69 Å². The Morgan fingerprint density at radius 2 is 1.81 bits per heavy atom. The maximum Gasteiger partial charge on any atom is 0.226 e. The van der Waals surface area contributed by atoms with Gasteiger partial charge in [-0.15, -0.1) is 0 Å². The summed E-state index contributed by atoms with van der Waals surface area (Å²) in [6, 6.07) is 14.9. The van der Waals surface area contributed by atoms with Crippen LogP contribution in [-0.2, 0) is 4.79 Å². The fourth-order valence-corrected chi connectivity index (χ4v) is 2.45. The molecule has 0 bridgehead atoms. The number of nitrogens with one attached hydrogen (secondary N) is 2. The summed E-state index contributed by atoms with van der Waals surface area (Å²) in [5.74, 6) is 1.99. The molecule has 0 radical (unpaired) electrons. The van der Waals surface area contributed by atoms with Gasteiger partial charge in [0.2, 0.25) is 5.91 Å². The van der Waals surface area contributed by atoms with Crippen molar-refractivity contribution in [2.24, 2.45) is 0 Å². The molecule has 0 spiro atoms. The van der Waals surface area contributed by atoms with Gasteiger partial charge in [0, 0.05) is 25.1 Å². The summed E-state index contributed by atoms with van der Waals surface area (Å²) in [5, 5.41) is 6.15. The van der Waals surface area contributed by atoms with E-state index in [1.807, 2.05) is 37.3 Å². The van der Waals surface area contributed by atoms with Crippen molar-refractivity contribution in [3.63, 3.8) is 0 Å². The molecule has 0 aliphatic carbocycles. The smallest absolute Gasteiger partial charge is 0.226 e. The number of hydrogen-bond acceptors (Lipinski definition) is 5. The number of benzene rings is 2. The van der Waals surface area contributed by atoms with E-state index < -0.39 is 0 Å². The number of anilines is 1. The zero-order valence-electron chi connectivity index (χ0n) is 15.5. The van der Waals surface area contributed by atoms with Crippen molar-refractivity contribution in [3.8, 4) is 17.2 Å². The van der Waals surface area contributed by atoms with Crippen LogP contribution in [0.1, 0.15) is 13.3 Å². The first kappa shape index (κ1) is 19.6.